The lowest BCUT2D eigenvalue weighted by Crippen LogP contribution is -2.12. The van der Waals surface area contributed by atoms with E-state index in [1.54, 1.807) is 36.4 Å². The molecule has 6 nitrogen and oxygen atoms in total. The standard InChI is InChI=1S/C19H16N4O2S/c20-17-13-21-19-16(18(17)22-14-7-3-1-4-8-14)11-12-23(19)26(24,25)15-9-5-2-6-10-15/h1-13H,20H2,(H,21,22). The van der Waals surface area contributed by atoms with Crippen LogP contribution in [0, 0.1) is 0 Å². The van der Waals surface area contributed by atoms with Crippen molar-refractivity contribution in [1.29, 1.82) is 0 Å². The Kier molecular flexibility index (Phi) is 3.85. The van der Waals surface area contributed by atoms with Crippen molar-refractivity contribution in [3.05, 3.63) is 79.1 Å². The van der Waals surface area contributed by atoms with Gasteiger partial charge in [-0.1, -0.05) is 36.4 Å². The van der Waals surface area contributed by atoms with Crippen LogP contribution in [0.1, 0.15) is 0 Å². The molecule has 0 fully saturated rings. The first kappa shape index (κ1) is 16.2. The molecule has 2 heterocycles. The topological polar surface area (TPSA) is 90.0 Å². The third-order valence-corrected chi connectivity index (χ3v) is 5.73. The summed E-state index contributed by atoms with van der Waals surface area (Å²) in [5.41, 5.74) is 8.32. The molecule has 0 radical (unpaired) electrons. The SMILES string of the molecule is Nc1cnc2c(ccn2S(=O)(=O)c2ccccc2)c1Nc1ccccc1. The van der Waals surface area contributed by atoms with E-state index in [-0.39, 0.29) is 4.90 Å². The number of nitrogens with two attached hydrogens (primary N) is 1. The number of anilines is 3. The zero-order chi connectivity index (χ0) is 18.1. The fourth-order valence-electron chi connectivity index (χ4n) is 2.78. The molecule has 2 aromatic heterocycles. The third kappa shape index (κ3) is 2.68. The summed E-state index contributed by atoms with van der Waals surface area (Å²) in [4.78, 5) is 4.46. The molecular weight excluding hydrogens is 348 g/mol. The average molecular weight is 364 g/mol. The average Bonchev–Trinajstić information content (AvgIpc) is 3.11. The van der Waals surface area contributed by atoms with Crippen LogP contribution in [0.3, 0.4) is 0 Å². The van der Waals surface area contributed by atoms with Crippen LogP contribution >= 0.6 is 0 Å². The predicted molar refractivity (Wildman–Crippen MR) is 103 cm³/mol. The quantitative estimate of drug-likeness (QED) is 0.577. The van der Waals surface area contributed by atoms with Gasteiger partial charge in [-0.05, 0) is 30.3 Å². The Morgan fingerprint density at radius 1 is 0.923 bits per heavy atom. The van der Waals surface area contributed by atoms with Gasteiger partial charge in [0.15, 0.2) is 5.65 Å². The number of nitrogens with zero attached hydrogens (tertiary/aromatic N) is 2. The summed E-state index contributed by atoms with van der Waals surface area (Å²) < 4.78 is 27.0. The molecule has 0 bridgehead atoms. The van der Waals surface area contributed by atoms with E-state index in [0.29, 0.717) is 22.4 Å². The van der Waals surface area contributed by atoms with Gasteiger partial charge in [-0.25, -0.2) is 17.4 Å². The first-order chi connectivity index (χ1) is 12.6. The van der Waals surface area contributed by atoms with Gasteiger partial charge in [-0.2, -0.15) is 0 Å². The highest BCUT2D eigenvalue weighted by atomic mass is 32.2. The van der Waals surface area contributed by atoms with Crippen molar-refractivity contribution < 1.29 is 8.42 Å². The fourth-order valence-corrected chi connectivity index (χ4v) is 4.11. The largest absolute Gasteiger partial charge is 0.396 e. The number of aromatic nitrogens is 2. The Morgan fingerprint density at radius 3 is 2.27 bits per heavy atom. The summed E-state index contributed by atoms with van der Waals surface area (Å²) in [6.07, 6.45) is 2.96. The molecule has 0 atom stereocenters. The van der Waals surface area contributed by atoms with E-state index in [0.717, 1.165) is 5.69 Å². The van der Waals surface area contributed by atoms with Gasteiger partial charge < -0.3 is 11.1 Å². The second kappa shape index (κ2) is 6.20. The second-order valence-electron chi connectivity index (χ2n) is 5.75. The molecule has 2 aromatic carbocycles. The Bertz CT molecular complexity index is 1170. The van der Waals surface area contributed by atoms with Gasteiger partial charge in [0.2, 0.25) is 0 Å². The van der Waals surface area contributed by atoms with Gasteiger partial charge >= 0.3 is 0 Å². The number of para-hydroxylation sites is 1. The second-order valence-corrected chi connectivity index (χ2v) is 7.56. The maximum atomic E-state index is 12.9. The molecule has 0 aliphatic heterocycles. The lowest BCUT2D eigenvalue weighted by atomic mass is 10.2. The molecule has 0 saturated heterocycles. The third-order valence-electron chi connectivity index (χ3n) is 4.05. The van der Waals surface area contributed by atoms with Crippen molar-refractivity contribution >= 4 is 38.1 Å². The van der Waals surface area contributed by atoms with Crippen LogP contribution in [0.15, 0.2) is 84.0 Å². The van der Waals surface area contributed by atoms with Crippen molar-refractivity contribution in [2.45, 2.75) is 4.90 Å². The Morgan fingerprint density at radius 2 is 1.58 bits per heavy atom. The molecule has 3 N–H and O–H groups in total. The molecule has 0 aliphatic carbocycles. The highest BCUT2D eigenvalue weighted by Gasteiger charge is 2.21. The lowest BCUT2D eigenvalue weighted by molar-refractivity contribution is 0.589. The zero-order valence-corrected chi connectivity index (χ0v) is 14.5. The smallest absolute Gasteiger partial charge is 0.269 e. The van der Waals surface area contributed by atoms with Crippen molar-refractivity contribution in [1.82, 2.24) is 8.96 Å². The number of pyridine rings is 1. The minimum absolute atomic E-state index is 0.202. The summed E-state index contributed by atoms with van der Waals surface area (Å²) in [5.74, 6) is 0. The van der Waals surface area contributed by atoms with E-state index in [2.05, 4.69) is 10.3 Å². The summed E-state index contributed by atoms with van der Waals surface area (Å²) in [7, 11) is -3.74. The summed E-state index contributed by atoms with van der Waals surface area (Å²) in [6.45, 7) is 0. The van der Waals surface area contributed by atoms with E-state index in [1.807, 2.05) is 30.3 Å². The van der Waals surface area contributed by atoms with Gasteiger partial charge in [0, 0.05) is 17.3 Å². The normalized spacial score (nSPS) is 11.5. The van der Waals surface area contributed by atoms with E-state index in [1.165, 1.54) is 16.4 Å². The molecule has 130 valence electrons. The highest BCUT2D eigenvalue weighted by molar-refractivity contribution is 7.90. The van der Waals surface area contributed by atoms with Crippen LogP contribution < -0.4 is 11.1 Å². The van der Waals surface area contributed by atoms with E-state index in [9.17, 15) is 8.42 Å². The number of rotatable bonds is 4. The van der Waals surface area contributed by atoms with Gasteiger partial charge in [-0.15, -0.1) is 0 Å². The number of fused-ring (bicyclic) bond motifs is 1. The van der Waals surface area contributed by atoms with Crippen LogP contribution in [0.4, 0.5) is 17.1 Å². The summed E-state index contributed by atoms with van der Waals surface area (Å²) in [5, 5.41) is 3.88. The molecule has 4 aromatic rings. The molecule has 0 aliphatic rings. The maximum Gasteiger partial charge on any atom is 0.269 e. The van der Waals surface area contributed by atoms with Crippen molar-refractivity contribution in [2.75, 3.05) is 11.1 Å². The molecule has 7 heteroatoms. The fraction of sp³-hybridized carbons (Fsp3) is 0. The minimum Gasteiger partial charge on any atom is -0.396 e. The molecule has 26 heavy (non-hydrogen) atoms. The molecule has 0 unspecified atom stereocenters. The van der Waals surface area contributed by atoms with Crippen LogP contribution in [0.2, 0.25) is 0 Å². The number of hydrogen-bond donors (Lipinski definition) is 2. The Balaban J connectivity index is 1.87. The van der Waals surface area contributed by atoms with E-state index in [4.69, 9.17) is 5.73 Å². The maximum absolute atomic E-state index is 12.9. The minimum atomic E-state index is -3.74. The van der Waals surface area contributed by atoms with E-state index >= 15 is 0 Å². The molecule has 0 amide bonds. The van der Waals surface area contributed by atoms with Crippen LogP contribution in [-0.2, 0) is 10.0 Å². The van der Waals surface area contributed by atoms with Gasteiger partial charge in [0.05, 0.1) is 22.5 Å². The number of hydrogen-bond acceptors (Lipinski definition) is 5. The zero-order valence-electron chi connectivity index (χ0n) is 13.7. The van der Waals surface area contributed by atoms with Crippen LogP contribution in [-0.4, -0.2) is 17.4 Å². The monoisotopic (exact) mass is 364 g/mol. The van der Waals surface area contributed by atoms with Crippen LogP contribution in [0.5, 0.6) is 0 Å². The van der Waals surface area contributed by atoms with Gasteiger partial charge in [0.25, 0.3) is 10.0 Å². The number of nitrogen functional groups attached to an aromatic ring is 1. The first-order valence-corrected chi connectivity index (χ1v) is 9.39. The first-order valence-electron chi connectivity index (χ1n) is 7.95. The van der Waals surface area contributed by atoms with Crippen molar-refractivity contribution in [2.24, 2.45) is 0 Å². The van der Waals surface area contributed by atoms with Crippen molar-refractivity contribution in [3.63, 3.8) is 0 Å². The van der Waals surface area contributed by atoms with Crippen molar-refractivity contribution in [3.8, 4) is 0 Å². The Labute approximate surface area is 151 Å². The van der Waals surface area contributed by atoms with Gasteiger partial charge in [0.1, 0.15) is 0 Å². The number of nitrogens with one attached hydrogen (secondary N) is 1. The van der Waals surface area contributed by atoms with Gasteiger partial charge in [-0.3, -0.25) is 0 Å². The molecule has 0 spiro atoms. The predicted octanol–water partition coefficient (Wildman–Crippen LogP) is 3.60. The van der Waals surface area contributed by atoms with E-state index < -0.39 is 10.0 Å². The van der Waals surface area contributed by atoms with Crippen LogP contribution in [0.25, 0.3) is 11.0 Å². The molecule has 0 saturated carbocycles. The Hall–Kier alpha value is -3.32. The molecular formula is C19H16N4O2S. The lowest BCUT2D eigenvalue weighted by Gasteiger charge is -2.12. The highest BCUT2D eigenvalue weighted by Crippen LogP contribution is 2.32. The summed E-state index contributed by atoms with van der Waals surface area (Å²) >= 11 is 0. The number of benzene rings is 2. The molecule has 4 rings (SSSR count). The summed E-state index contributed by atoms with van der Waals surface area (Å²) in [6, 6.07) is 19.5.